The zero-order valence-electron chi connectivity index (χ0n) is 13.8. The molecule has 11 nitrogen and oxygen atoms in total. The number of unbranched alkanes of at least 4 members (excludes halogenated alkanes) is 1. The molecule has 11 heteroatoms. The van der Waals surface area contributed by atoms with Crippen molar-refractivity contribution in [3.8, 4) is 0 Å². The van der Waals surface area contributed by atoms with Crippen molar-refractivity contribution in [2.45, 2.75) is 56.8 Å². The SMILES string of the molecule is CCCC[C@H](N)C(=O)OC[C@@H]1O[C@H](n2cnc(C(N)=O)n2)[C@@H](O)[C@H]1O. The van der Waals surface area contributed by atoms with Crippen LogP contribution in [0.5, 0.6) is 0 Å². The Labute approximate surface area is 143 Å². The Kier molecular flexibility index (Phi) is 6.42. The lowest BCUT2D eigenvalue weighted by molar-refractivity contribution is -0.152. The minimum absolute atomic E-state index is 0.248. The predicted molar refractivity (Wildman–Crippen MR) is 82.9 cm³/mol. The molecule has 1 fully saturated rings. The van der Waals surface area contributed by atoms with Gasteiger partial charge in [-0.05, 0) is 6.42 Å². The Morgan fingerprint density at radius 2 is 2.16 bits per heavy atom. The average molecular weight is 357 g/mol. The number of amides is 1. The van der Waals surface area contributed by atoms with Crippen molar-refractivity contribution < 1.29 is 29.3 Å². The lowest BCUT2D eigenvalue weighted by atomic mass is 10.1. The van der Waals surface area contributed by atoms with E-state index in [1.165, 1.54) is 0 Å². The number of ether oxygens (including phenoxy) is 2. The fraction of sp³-hybridized carbons (Fsp3) is 0.714. The standard InChI is InChI=1S/C14H23N5O6/c1-2-3-4-7(15)14(23)24-5-8-9(20)10(21)13(25-8)19-6-17-12(18-19)11(16)22/h6-10,13,20-21H,2-5,15H2,1H3,(H2,16,22)/t7-,8-,9-,10-,13-/m0/s1. The van der Waals surface area contributed by atoms with E-state index in [4.69, 9.17) is 20.9 Å². The van der Waals surface area contributed by atoms with Gasteiger partial charge in [-0.2, -0.15) is 0 Å². The second-order valence-electron chi connectivity index (χ2n) is 5.84. The Morgan fingerprint density at radius 1 is 1.44 bits per heavy atom. The number of nitrogens with zero attached hydrogens (tertiary/aromatic N) is 3. The van der Waals surface area contributed by atoms with E-state index in [-0.39, 0.29) is 12.4 Å². The number of aliphatic hydroxyl groups excluding tert-OH is 2. The van der Waals surface area contributed by atoms with Crippen LogP contribution >= 0.6 is 0 Å². The van der Waals surface area contributed by atoms with Crippen molar-refractivity contribution in [3.05, 3.63) is 12.2 Å². The molecule has 25 heavy (non-hydrogen) atoms. The molecule has 5 atom stereocenters. The molecule has 2 rings (SSSR count). The lowest BCUT2D eigenvalue weighted by Gasteiger charge is -2.16. The van der Waals surface area contributed by atoms with E-state index in [1.807, 2.05) is 6.92 Å². The summed E-state index contributed by atoms with van der Waals surface area (Å²) in [5.41, 5.74) is 10.8. The monoisotopic (exact) mass is 357 g/mol. The van der Waals surface area contributed by atoms with Gasteiger partial charge in [0.1, 0.15) is 37.3 Å². The summed E-state index contributed by atoms with van der Waals surface area (Å²) in [6.45, 7) is 1.71. The highest BCUT2D eigenvalue weighted by molar-refractivity contribution is 5.88. The number of aliphatic hydroxyl groups is 2. The first-order valence-electron chi connectivity index (χ1n) is 7.99. The van der Waals surface area contributed by atoms with Crippen LogP contribution in [-0.2, 0) is 14.3 Å². The molecule has 1 aromatic heterocycles. The van der Waals surface area contributed by atoms with E-state index in [1.54, 1.807) is 0 Å². The van der Waals surface area contributed by atoms with Crippen LogP contribution in [0.1, 0.15) is 43.0 Å². The molecule has 0 aliphatic carbocycles. The third kappa shape index (κ3) is 4.51. The van der Waals surface area contributed by atoms with Gasteiger partial charge in [-0.3, -0.25) is 9.59 Å². The van der Waals surface area contributed by atoms with E-state index < -0.39 is 42.5 Å². The van der Waals surface area contributed by atoms with Gasteiger partial charge in [0.2, 0.25) is 5.82 Å². The predicted octanol–water partition coefficient (Wildman–Crippen LogP) is -1.94. The lowest BCUT2D eigenvalue weighted by Crippen LogP contribution is -2.38. The van der Waals surface area contributed by atoms with Crippen LogP contribution in [0, 0.1) is 0 Å². The molecule has 1 amide bonds. The topological polar surface area (TPSA) is 176 Å². The zero-order valence-corrected chi connectivity index (χ0v) is 13.8. The van der Waals surface area contributed by atoms with Gasteiger partial charge in [0.15, 0.2) is 6.23 Å². The summed E-state index contributed by atoms with van der Waals surface area (Å²) in [5, 5.41) is 23.9. The maximum atomic E-state index is 11.8. The maximum absolute atomic E-state index is 11.8. The van der Waals surface area contributed by atoms with Crippen LogP contribution in [0.25, 0.3) is 0 Å². The molecular weight excluding hydrogens is 334 g/mol. The van der Waals surface area contributed by atoms with Crippen molar-refractivity contribution >= 4 is 11.9 Å². The molecule has 0 spiro atoms. The third-order valence-corrected chi connectivity index (χ3v) is 3.89. The number of hydrogen-bond donors (Lipinski definition) is 4. The molecule has 2 heterocycles. The van der Waals surface area contributed by atoms with Crippen LogP contribution in [0.15, 0.2) is 6.33 Å². The summed E-state index contributed by atoms with van der Waals surface area (Å²) < 4.78 is 11.6. The smallest absolute Gasteiger partial charge is 0.323 e. The van der Waals surface area contributed by atoms with Crippen LogP contribution in [-0.4, -0.2) is 67.8 Å². The number of aromatic nitrogens is 3. The fourth-order valence-electron chi connectivity index (χ4n) is 2.41. The molecule has 1 aliphatic heterocycles. The summed E-state index contributed by atoms with van der Waals surface area (Å²) in [6, 6.07) is -0.743. The van der Waals surface area contributed by atoms with Gasteiger partial charge in [0.25, 0.3) is 5.91 Å². The number of esters is 1. The first-order valence-corrected chi connectivity index (χ1v) is 7.99. The molecule has 0 radical (unpaired) electrons. The largest absolute Gasteiger partial charge is 0.462 e. The highest BCUT2D eigenvalue weighted by atomic mass is 16.6. The van der Waals surface area contributed by atoms with Crippen LogP contribution < -0.4 is 11.5 Å². The van der Waals surface area contributed by atoms with Crippen LogP contribution in [0.2, 0.25) is 0 Å². The highest BCUT2D eigenvalue weighted by Gasteiger charge is 2.45. The molecule has 0 unspecified atom stereocenters. The quantitative estimate of drug-likeness (QED) is 0.385. The molecular formula is C14H23N5O6. The fourth-order valence-corrected chi connectivity index (χ4v) is 2.41. The van der Waals surface area contributed by atoms with Gasteiger partial charge in [-0.25, -0.2) is 9.67 Å². The summed E-state index contributed by atoms with van der Waals surface area (Å²) in [4.78, 5) is 26.5. The molecule has 1 saturated heterocycles. The van der Waals surface area contributed by atoms with E-state index in [0.717, 1.165) is 23.9 Å². The molecule has 1 aliphatic rings. The van der Waals surface area contributed by atoms with Crippen LogP contribution in [0.3, 0.4) is 0 Å². The first kappa shape index (κ1) is 19.2. The zero-order chi connectivity index (χ0) is 18.6. The second kappa shape index (κ2) is 8.34. The Morgan fingerprint density at radius 3 is 2.76 bits per heavy atom. The van der Waals surface area contributed by atoms with Gasteiger partial charge >= 0.3 is 5.97 Å². The van der Waals surface area contributed by atoms with Gasteiger partial charge in [-0.15, -0.1) is 5.10 Å². The van der Waals surface area contributed by atoms with Gasteiger partial charge < -0.3 is 31.2 Å². The Balaban J connectivity index is 1.92. The van der Waals surface area contributed by atoms with Crippen molar-refractivity contribution in [2.24, 2.45) is 11.5 Å². The molecule has 0 aromatic carbocycles. The first-order chi connectivity index (χ1) is 11.8. The van der Waals surface area contributed by atoms with E-state index in [0.29, 0.717) is 6.42 Å². The normalized spacial score (nSPS) is 27.2. The third-order valence-electron chi connectivity index (χ3n) is 3.89. The van der Waals surface area contributed by atoms with Crippen LogP contribution in [0.4, 0.5) is 0 Å². The summed E-state index contributed by atoms with van der Waals surface area (Å²) in [7, 11) is 0. The van der Waals surface area contributed by atoms with Crippen molar-refractivity contribution in [1.29, 1.82) is 0 Å². The molecule has 140 valence electrons. The van der Waals surface area contributed by atoms with Gasteiger partial charge in [-0.1, -0.05) is 19.8 Å². The Hall–Kier alpha value is -2.08. The summed E-state index contributed by atoms with van der Waals surface area (Å²) >= 11 is 0. The van der Waals surface area contributed by atoms with Crippen molar-refractivity contribution in [2.75, 3.05) is 6.61 Å². The van der Waals surface area contributed by atoms with Crippen molar-refractivity contribution in [3.63, 3.8) is 0 Å². The number of carbonyl (C=O) groups excluding carboxylic acids is 2. The van der Waals surface area contributed by atoms with Crippen molar-refractivity contribution in [1.82, 2.24) is 14.8 Å². The number of hydrogen-bond acceptors (Lipinski definition) is 9. The number of nitrogens with two attached hydrogens (primary N) is 2. The number of primary amides is 1. The minimum atomic E-state index is -1.35. The molecule has 0 saturated carbocycles. The van der Waals surface area contributed by atoms with Gasteiger partial charge in [0, 0.05) is 0 Å². The maximum Gasteiger partial charge on any atom is 0.323 e. The molecule has 1 aromatic rings. The number of carbonyl (C=O) groups is 2. The van der Waals surface area contributed by atoms with Gasteiger partial charge in [0.05, 0.1) is 0 Å². The number of rotatable bonds is 8. The highest BCUT2D eigenvalue weighted by Crippen LogP contribution is 2.29. The second-order valence-corrected chi connectivity index (χ2v) is 5.84. The summed E-state index contributed by atoms with van der Waals surface area (Å²) in [5.74, 6) is -1.68. The van der Waals surface area contributed by atoms with E-state index >= 15 is 0 Å². The van der Waals surface area contributed by atoms with E-state index in [2.05, 4.69) is 10.1 Å². The summed E-state index contributed by atoms with van der Waals surface area (Å²) in [6.07, 6.45) is -1.36. The Bertz CT molecular complexity index is 608. The molecule has 0 bridgehead atoms. The van der Waals surface area contributed by atoms with E-state index in [9.17, 15) is 19.8 Å². The minimum Gasteiger partial charge on any atom is -0.462 e. The molecule has 6 N–H and O–H groups in total. The average Bonchev–Trinajstić information content (AvgIpc) is 3.17.